The molecule has 0 saturated heterocycles. The summed E-state index contributed by atoms with van der Waals surface area (Å²) in [5.74, 6) is 2.28. The van der Waals surface area contributed by atoms with Gasteiger partial charge in [-0.1, -0.05) is 12.8 Å². The predicted octanol–water partition coefficient (Wildman–Crippen LogP) is 2.73. The third-order valence-electron chi connectivity index (χ3n) is 10.7. The van der Waals surface area contributed by atoms with Crippen molar-refractivity contribution >= 4 is 11.9 Å². The van der Waals surface area contributed by atoms with Crippen LogP contribution in [0.5, 0.6) is 0 Å². The summed E-state index contributed by atoms with van der Waals surface area (Å²) >= 11 is 0. The molecule has 8 aliphatic rings. The first-order valence-corrected chi connectivity index (χ1v) is 10.1. The Morgan fingerprint density at radius 1 is 0.625 bits per heavy atom. The highest BCUT2D eigenvalue weighted by atomic mass is 16.4. The number of carbonyl (C=O) groups is 2. The Labute approximate surface area is 141 Å². The molecule has 8 aliphatic carbocycles. The molecule has 2 N–H and O–H groups in total. The summed E-state index contributed by atoms with van der Waals surface area (Å²) in [7, 11) is 0. The van der Waals surface area contributed by atoms with Crippen LogP contribution in [0.3, 0.4) is 0 Å². The molecule has 0 aromatic rings. The smallest absolute Gasteiger partial charge is 0.311 e. The van der Waals surface area contributed by atoms with Crippen LogP contribution in [0, 0.1) is 70.0 Å². The minimum Gasteiger partial charge on any atom is -0.481 e. The van der Waals surface area contributed by atoms with Gasteiger partial charge in [-0.25, -0.2) is 0 Å². The van der Waals surface area contributed by atoms with E-state index in [0.717, 1.165) is 25.7 Å². The summed E-state index contributed by atoms with van der Waals surface area (Å²) in [6, 6.07) is 0. The van der Waals surface area contributed by atoms with Crippen LogP contribution in [0.1, 0.15) is 38.5 Å². The lowest BCUT2D eigenvalue weighted by atomic mass is 9.44. The van der Waals surface area contributed by atoms with Crippen LogP contribution in [0.25, 0.3) is 0 Å². The van der Waals surface area contributed by atoms with Crippen molar-refractivity contribution < 1.29 is 19.8 Å². The molecule has 24 heavy (non-hydrogen) atoms. The van der Waals surface area contributed by atoms with Gasteiger partial charge in [0.25, 0.3) is 0 Å². The molecule has 10 atom stereocenters. The molecule has 0 heterocycles. The molecule has 0 spiro atoms. The van der Waals surface area contributed by atoms with E-state index in [1.165, 1.54) is 12.8 Å². The molecule has 4 nitrogen and oxygen atoms in total. The lowest BCUT2D eigenvalue weighted by Gasteiger charge is -2.56. The summed E-state index contributed by atoms with van der Waals surface area (Å²) in [5.41, 5.74) is -1.80. The number of aliphatic carboxylic acids is 2. The van der Waals surface area contributed by atoms with Gasteiger partial charge in [0.05, 0.1) is 10.8 Å². The average molecular weight is 328 g/mol. The van der Waals surface area contributed by atoms with Gasteiger partial charge in [-0.05, 0) is 84.9 Å². The van der Waals surface area contributed by atoms with Crippen molar-refractivity contribution in [2.45, 2.75) is 38.5 Å². The Bertz CT molecular complexity index is 616. The van der Waals surface area contributed by atoms with Crippen molar-refractivity contribution in [2.75, 3.05) is 0 Å². The van der Waals surface area contributed by atoms with Crippen LogP contribution in [0.4, 0.5) is 0 Å². The van der Waals surface area contributed by atoms with Gasteiger partial charge in [-0.15, -0.1) is 0 Å². The van der Waals surface area contributed by atoms with Crippen molar-refractivity contribution in [3.05, 3.63) is 0 Å². The molecule has 8 saturated carbocycles. The normalized spacial score (nSPS) is 68.8. The fraction of sp³-hybridized carbons (Fsp3) is 0.900. The quantitative estimate of drug-likeness (QED) is 0.817. The van der Waals surface area contributed by atoms with Gasteiger partial charge >= 0.3 is 11.9 Å². The zero-order chi connectivity index (χ0) is 16.2. The fourth-order valence-corrected chi connectivity index (χ4v) is 11.4. The van der Waals surface area contributed by atoms with Crippen molar-refractivity contribution in [3.8, 4) is 0 Å². The molecule has 4 heteroatoms. The maximum atomic E-state index is 12.8. The highest BCUT2D eigenvalue weighted by Crippen LogP contribution is 2.97. The average Bonchev–Trinajstić information content (AvgIpc) is 3.30. The van der Waals surface area contributed by atoms with E-state index in [2.05, 4.69) is 0 Å². The third kappa shape index (κ3) is 0.834. The summed E-state index contributed by atoms with van der Waals surface area (Å²) < 4.78 is 0. The van der Waals surface area contributed by atoms with Gasteiger partial charge in [-0.2, -0.15) is 0 Å². The van der Waals surface area contributed by atoms with Gasteiger partial charge in [0, 0.05) is 0 Å². The summed E-state index contributed by atoms with van der Waals surface area (Å²) in [6.45, 7) is 0. The first-order chi connectivity index (χ1) is 11.6. The number of rotatable bonds is 2. The molecule has 8 fully saturated rings. The molecule has 0 radical (unpaired) electrons. The van der Waals surface area contributed by atoms with Crippen LogP contribution in [0.15, 0.2) is 0 Å². The molecule has 0 aliphatic heterocycles. The Hall–Kier alpha value is -1.06. The van der Waals surface area contributed by atoms with E-state index in [1.807, 2.05) is 0 Å². The van der Waals surface area contributed by atoms with Gasteiger partial charge in [-0.3, -0.25) is 9.59 Å². The summed E-state index contributed by atoms with van der Waals surface area (Å²) in [4.78, 5) is 25.6. The maximum absolute atomic E-state index is 12.8. The molecule has 0 aromatic carbocycles. The Kier molecular flexibility index (Phi) is 1.89. The molecular formula is C20H24O4. The Balaban J connectivity index is 1.56. The van der Waals surface area contributed by atoms with Crippen molar-refractivity contribution in [3.63, 3.8) is 0 Å². The number of fused-ring (bicyclic) bond motifs is 2. The monoisotopic (exact) mass is 328 g/mol. The number of carboxylic acid groups (broad SMARTS) is 2. The van der Waals surface area contributed by atoms with Gasteiger partial charge in [0.2, 0.25) is 0 Å². The number of hydrogen-bond donors (Lipinski definition) is 2. The van der Waals surface area contributed by atoms with E-state index in [1.54, 1.807) is 0 Å². The standard InChI is InChI=1S/C20H24O4/c21-17(22)19-13-7-3-1-4-8(7)14-11(13)12-15(19)9-5-2-6-10(9)16(12)20(14,19)18(23)24/h7-16H,1-6H2,(H,21,22)(H,23,24)/t7-,8-,9-,10-,11?,12?,13-,14-,15+,16+,19?,20?/m0/s1. The second kappa shape index (κ2) is 3.43. The molecular weight excluding hydrogens is 304 g/mol. The molecule has 0 amide bonds. The Morgan fingerprint density at radius 3 is 1.17 bits per heavy atom. The molecule has 8 bridgehead atoms. The minimum absolute atomic E-state index is 0.191. The van der Waals surface area contributed by atoms with E-state index < -0.39 is 22.8 Å². The van der Waals surface area contributed by atoms with Crippen molar-refractivity contribution in [2.24, 2.45) is 70.0 Å². The zero-order valence-corrected chi connectivity index (χ0v) is 13.7. The molecule has 8 rings (SSSR count). The van der Waals surface area contributed by atoms with Crippen molar-refractivity contribution in [1.29, 1.82) is 0 Å². The zero-order valence-electron chi connectivity index (χ0n) is 13.7. The van der Waals surface area contributed by atoms with Crippen LogP contribution in [-0.4, -0.2) is 22.2 Å². The highest BCUT2D eigenvalue weighted by molar-refractivity contribution is 5.93. The van der Waals surface area contributed by atoms with Gasteiger partial charge in [0.1, 0.15) is 0 Å². The van der Waals surface area contributed by atoms with Crippen molar-refractivity contribution in [1.82, 2.24) is 0 Å². The minimum atomic E-state index is -0.902. The molecule has 0 aromatic heterocycles. The van der Waals surface area contributed by atoms with E-state index >= 15 is 0 Å². The summed E-state index contributed by atoms with van der Waals surface area (Å²) in [5, 5.41) is 21.0. The van der Waals surface area contributed by atoms with Crippen LogP contribution < -0.4 is 0 Å². The number of carboxylic acids is 2. The third-order valence-corrected chi connectivity index (χ3v) is 10.7. The second-order valence-electron chi connectivity index (χ2n) is 10.1. The number of hydrogen-bond acceptors (Lipinski definition) is 2. The first-order valence-electron chi connectivity index (χ1n) is 10.1. The largest absolute Gasteiger partial charge is 0.481 e. The van der Waals surface area contributed by atoms with Gasteiger partial charge < -0.3 is 10.2 Å². The van der Waals surface area contributed by atoms with E-state index in [4.69, 9.17) is 0 Å². The van der Waals surface area contributed by atoms with E-state index in [9.17, 15) is 19.8 Å². The maximum Gasteiger partial charge on any atom is 0.311 e. The summed E-state index contributed by atoms with van der Waals surface area (Å²) in [6.07, 6.45) is 7.01. The second-order valence-corrected chi connectivity index (χ2v) is 10.1. The molecule has 2 unspecified atom stereocenters. The first kappa shape index (κ1) is 13.2. The lowest BCUT2D eigenvalue weighted by molar-refractivity contribution is -0.204. The van der Waals surface area contributed by atoms with E-state index in [0.29, 0.717) is 35.5 Å². The highest BCUT2D eigenvalue weighted by Gasteiger charge is 3.00. The van der Waals surface area contributed by atoms with Crippen LogP contribution in [-0.2, 0) is 9.59 Å². The SMILES string of the molecule is O=C(O)C12[C@@H]3C4C5[C@H]1[C@H]1CCC[C@@H]1[C@H]5C2(C(=O)O)[C@H]4[C@H]1CCC[C@@H]13. The van der Waals surface area contributed by atoms with Crippen LogP contribution in [0.2, 0.25) is 0 Å². The topological polar surface area (TPSA) is 74.6 Å². The van der Waals surface area contributed by atoms with Crippen LogP contribution >= 0.6 is 0 Å². The van der Waals surface area contributed by atoms with Gasteiger partial charge in [0.15, 0.2) is 0 Å². The predicted molar refractivity (Wildman–Crippen MR) is 82.7 cm³/mol. The van der Waals surface area contributed by atoms with E-state index in [-0.39, 0.29) is 23.7 Å². The lowest BCUT2D eigenvalue weighted by Crippen LogP contribution is -2.64. The molecule has 128 valence electrons. The Morgan fingerprint density at radius 2 is 0.917 bits per heavy atom. The fourth-order valence-electron chi connectivity index (χ4n) is 11.4.